The highest BCUT2D eigenvalue weighted by atomic mass is 16.2. The third-order valence-electron chi connectivity index (χ3n) is 3.82. The van der Waals surface area contributed by atoms with Crippen molar-refractivity contribution in [2.24, 2.45) is 0 Å². The van der Waals surface area contributed by atoms with Crippen molar-refractivity contribution < 1.29 is 14.7 Å². The van der Waals surface area contributed by atoms with Crippen LogP contribution >= 0.6 is 0 Å². The van der Waals surface area contributed by atoms with Crippen molar-refractivity contribution in [3.05, 3.63) is 34.9 Å². The number of ketones is 1. The van der Waals surface area contributed by atoms with Crippen LogP contribution in [-0.4, -0.2) is 29.9 Å². The van der Waals surface area contributed by atoms with Crippen LogP contribution in [-0.2, 0) is 4.79 Å². The molecule has 0 saturated carbocycles. The van der Waals surface area contributed by atoms with Gasteiger partial charge in [-0.15, -0.1) is 0 Å². The van der Waals surface area contributed by atoms with Gasteiger partial charge in [0, 0.05) is 31.6 Å². The van der Waals surface area contributed by atoms with E-state index in [0.29, 0.717) is 12.1 Å². The maximum Gasteiger partial charge on any atom is 0.220 e. The van der Waals surface area contributed by atoms with Gasteiger partial charge in [-0.2, -0.15) is 0 Å². The van der Waals surface area contributed by atoms with Crippen LogP contribution in [0, 0.1) is 13.8 Å². The molecule has 0 fully saturated rings. The van der Waals surface area contributed by atoms with Crippen molar-refractivity contribution in [3.8, 4) is 0 Å². The van der Waals surface area contributed by atoms with E-state index in [2.05, 4.69) is 5.32 Å². The van der Waals surface area contributed by atoms with Gasteiger partial charge in [0.05, 0.1) is 0 Å². The van der Waals surface area contributed by atoms with Crippen LogP contribution in [0.3, 0.4) is 0 Å². The predicted molar refractivity (Wildman–Crippen MR) is 88.0 cm³/mol. The number of hydrogen-bond donors (Lipinski definition) is 2. The Kier molecular flexibility index (Phi) is 8.44. The molecule has 2 N–H and O–H groups in total. The molecule has 1 aromatic rings. The number of rotatable bonds is 10. The Morgan fingerprint density at radius 2 is 1.73 bits per heavy atom. The van der Waals surface area contributed by atoms with Crippen LogP contribution in [0.5, 0.6) is 0 Å². The van der Waals surface area contributed by atoms with Gasteiger partial charge in [-0.3, -0.25) is 9.59 Å². The molecule has 0 aliphatic carbocycles. The molecule has 0 bridgehead atoms. The monoisotopic (exact) mass is 305 g/mol. The lowest BCUT2D eigenvalue weighted by Gasteiger charge is -2.06. The maximum absolute atomic E-state index is 12.1. The van der Waals surface area contributed by atoms with Crippen molar-refractivity contribution in [2.75, 3.05) is 13.2 Å². The van der Waals surface area contributed by atoms with E-state index < -0.39 is 0 Å². The Bertz CT molecular complexity index is 497. The summed E-state index contributed by atoms with van der Waals surface area (Å²) in [4.78, 5) is 23.7. The van der Waals surface area contributed by atoms with Crippen molar-refractivity contribution in [1.82, 2.24) is 5.32 Å². The van der Waals surface area contributed by atoms with Crippen molar-refractivity contribution >= 4 is 11.7 Å². The molecular formula is C18H27NO3. The average molecular weight is 305 g/mol. The van der Waals surface area contributed by atoms with Gasteiger partial charge in [0.1, 0.15) is 0 Å². The first kappa shape index (κ1) is 18.4. The standard InChI is InChI=1S/C18H27NO3/c1-14-7-8-16(13-15(14)2)17(21)9-10-18(22)19-11-5-3-4-6-12-20/h7-8,13,20H,3-6,9-12H2,1-2H3,(H,19,22). The van der Waals surface area contributed by atoms with Gasteiger partial charge in [0.25, 0.3) is 0 Å². The molecule has 1 aromatic carbocycles. The average Bonchev–Trinajstić information content (AvgIpc) is 2.51. The number of aliphatic hydroxyl groups excluding tert-OH is 1. The van der Waals surface area contributed by atoms with Gasteiger partial charge >= 0.3 is 0 Å². The summed E-state index contributed by atoms with van der Waals surface area (Å²) >= 11 is 0. The third-order valence-corrected chi connectivity index (χ3v) is 3.82. The molecule has 4 nitrogen and oxygen atoms in total. The van der Waals surface area contributed by atoms with Crippen LogP contribution in [0.15, 0.2) is 18.2 Å². The van der Waals surface area contributed by atoms with Crippen molar-refractivity contribution in [3.63, 3.8) is 0 Å². The molecule has 0 unspecified atom stereocenters. The molecular weight excluding hydrogens is 278 g/mol. The second-order valence-corrected chi connectivity index (χ2v) is 5.71. The highest BCUT2D eigenvalue weighted by molar-refractivity contribution is 5.98. The van der Waals surface area contributed by atoms with E-state index in [4.69, 9.17) is 5.11 Å². The lowest BCUT2D eigenvalue weighted by molar-refractivity contribution is -0.121. The van der Waals surface area contributed by atoms with E-state index in [0.717, 1.165) is 36.8 Å². The third kappa shape index (κ3) is 6.85. The van der Waals surface area contributed by atoms with E-state index in [1.807, 2.05) is 32.0 Å². The minimum Gasteiger partial charge on any atom is -0.396 e. The fourth-order valence-corrected chi connectivity index (χ4v) is 2.19. The van der Waals surface area contributed by atoms with Crippen LogP contribution in [0.4, 0.5) is 0 Å². The van der Waals surface area contributed by atoms with E-state index in [1.165, 1.54) is 0 Å². The summed E-state index contributed by atoms with van der Waals surface area (Å²) in [5.41, 5.74) is 2.94. The number of aryl methyl sites for hydroxylation is 2. The lowest BCUT2D eigenvalue weighted by Crippen LogP contribution is -2.24. The normalized spacial score (nSPS) is 10.5. The van der Waals surface area contributed by atoms with Gasteiger partial charge in [-0.25, -0.2) is 0 Å². The molecule has 0 radical (unpaired) electrons. The summed E-state index contributed by atoms with van der Waals surface area (Å²) in [6.45, 7) is 4.86. The zero-order valence-electron chi connectivity index (χ0n) is 13.7. The Morgan fingerprint density at radius 1 is 1.00 bits per heavy atom. The summed E-state index contributed by atoms with van der Waals surface area (Å²) in [7, 11) is 0. The minimum absolute atomic E-state index is 0.0150. The zero-order chi connectivity index (χ0) is 16.4. The number of benzene rings is 1. The predicted octanol–water partition coefficient (Wildman–Crippen LogP) is 2.94. The highest BCUT2D eigenvalue weighted by Gasteiger charge is 2.09. The van der Waals surface area contributed by atoms with Gasteiger partial charge in [-0.1, -0.05) is 25.0 Å². The molecule has 1 rings (SSSR count). The molecule has 0 heterocycles. The number of Topliss-reactive ketones (excluding diaryl/α,β-unsaturated/α-hetero) is 1. The number of hydrogen-bond acceptors (Lipinski definition) is 3. The Morgan fingerprint density at radius 3 is 2.41 bits per heavy atom. The van der Waals surface area contributed by atoms with Crippen LogP contribution in [0.2, 0.25) is 0 Å². The first-order chi connectivity index (χ1) is 10.5. The molecule has 4 heteroatoms. The fourth-order valence-electron chi connectivity index (χ4n) is 2.19. The van der Waals surface area contributed by atoms with Gasteiger partial charge in [0.15, 0.2) is 5.78 Å². The molecule has 22 heavy (non-hydrogen) atoms. The molecule has 0 spiro atoms. The molecule has 122 valence electrons. The van der Waals surface area contributed by atoms with E-state index in [1.54, 1.807) is 0 Å². The molecule has 0 atom stereocenters. The van der Waals surface area contributed by atoms with E-state index in [-0.39, 0.29) is 31.1 Å². The van der Waals surface area contributed by atoms with Crippen molar-refractivity contribution in [2.45, 2.75) is 52.4 Å². The summed E-state index contributed by atoms with van der Waals surface area (Å²) in [5, 5.41) is 11.5. The van der Waals surface area contributed by atoms with Crippen molar-refractivity contribution in [1.29, 1.82) is 0 Å². The topological polar surface area (TPSA) is 66.4 Å². The van der Waals surface area contributed by atoms with Crippen LogP contribution in [0.25, 0.3) is 0 Å². The maximum atomic E-state index is 12.1. The summed E-state index contributed by atoms with van der Waals surface area (Å²) in [6.07, 6.45) is 4.20. The summed E-state index contributed by atoms with van der Waals surface area (Å²) in [5.74, 6) is -0.0551. The highest BCUT2D eigenvalue weighted by Crippen LogP contribution is 2.12. The van der Waals surface area contributed by atoms with E-state index >= 15 is 0 Å². The van der Waals surface area contributed by atoms with Gasteiger partial charge in [-0.05, 0) is 43.9 Å². The Balaban J connectivity index is 2.23. The summed E-state index contributed by atoms with van der Waals surface area (Å²) < 4.78 is 0. The van der Waals surface area contributed by atoms with E-state index in [9.17, 15) is 9.59 Å². The number of aliphatic hydroxyl groups is 1. The zero-order valence-corrected chi connectivity index (χ0v) is 13.7. The number of amides is 1. The lowest BCUT2D eigenvalue weighted by atomic mass is 10.0. The largest absolute Gasteiger partial charge is 0.396 e. The first-order valence-electron chi connectivity index (χ1n) is 8.02. The number of carbonyl (C=O) groups excluding carboxylic acids is 2. The van der Waals surface area contributed by atoms with Gasteiger partial charge in [0.2, 0.25) is 5.91 Å². The Labute approximate surface area is 132 Å². The first-order valence-corrected chi connectivity index (χ1v) is 8.02. The fraction of sp³-hybridized carbons (Fsp3) is 0.556. The number of unbranched alkanes of at least 4 members (excludes halogenated alkanes) is 3. The van der Waals surface area contributed by atoms with Crippen LogP contribution < -0.4 is 5.32 Å². The minimum atomic E-state index is -0.0701. The number of nitrogens with one attached hydrogen (secondary N) is 1. The second kappa shape index (κ2) is 10.1. The smallest absolute Gasteiger partial charge is 0.220 e. The Hall–Kier alpha value is -1.68. The molecule has 0 aliphatic rings. The second-order valence-electron chi connectivity index (χ2n) is 5.71. The van der Waals surface area contributed by atoms with Crippen LogP contribution in [0.1, 0.15) is 60.0 Å². The number of carbonyl (C=O) groups is 2. The SMILES string of the molecule is Cc1ccc(C(=O)CCC(=O)NCCCCCCO)cc1C. The quantitative estimate of drug-likeness (QED) is 0.516. The molecule has 1 amide bonds. The summed E-state index contributed by atoms with van der Waals surface area (Å²) in [6, 6.07) is 5.65. The molecule has 0 saturated heterocycles. The molecule has 0 aromatic heterocycles. The molecule has 0 aliphatic heterocycles. The van der Waals surface area contributed by atoms with Gasteiger partial charge < -0.3 is 10.4 Å².